The van der Waals surface area contributed by atoms with Crippen LogP contribution in [-0.2, 0) is 11.2 Å². The highest BCUT2D eigenvalue weighted by Gasteiger charge is 2.30. The van der Waals surface area contributed by atoms with E-state index in [2.05, 4.69) is 41.4 Å². The number of pyridine rings is 1. The van der Waals surface area contributed by atoms with Crippen molar-refractivity contribution in [2.75, 3.05) is 49.5 Å². The molecule has 4 heterocycles. The van der Waals surface area contributed by atoms with Gasteiger partial charge in [0.25, 0.3) is 11.8 Å². The Morgan fingerprint density at radius 2 is 1.86 bits per heavy atom. The first kappa shape index (κ1) is 23.2. The summed E-state index contributed by atoms with van der Waals surface area (Å²) < 4.78 is 5.25. The van der Waals surface area contributed by atoms with Crippen molar-refractivity contribution in [2.24, 2.45) is 0 Å². The molecule has 37 heavy (non-hydrogen) atoms. The highest BCUT2D eigenvalue weighted by Crippen LogP contribution is 2.40. The number of hydrogen-bond acceptors (Lipinski definition) is 5. The van der Waals surface area contributed by atoms with E-state index in [9.17, 15) is 9.59 Å². The zero-order valence-corrected chi connectivity index (χ0v) is 20.9. The number of aryl methyl sites for hydroxylation is 1. The Hall–Kier alpha value is -4.17. The van der Waals surface area contributed by atoms with Crippen molar-refractivity contribution < 1.29 is 18.9 Å². The van der Waals surface area contributed by atoms with Crippen molar-refractivity contribution in [2.45, 2.75) is 13.3 Å². The van der Waals surface area contributed by atoms with Gasteiger partial charge in [-0.1, -0.05) is 30.3 Å². The van der Waals surface area contributed by atoms with Crippen molar-refractivity contribution in [3.05, 3.63) is 83.8 Å². The quantitative estimate of drug-likeness (QED) is 0.444. The lowest BCUT2D eigenvalue weighted by Gasteiger charge is -2.31. The molecule has 8 heteroatoms. The standard InChI is InChI=1S/C29H29N5O3/c1-20-6-4-7-21(18-20)34-12-11-23-27(22-8-2-3-9-24(22)30-28(23)34)31-26(35)19-32-13-15-33(16-14-32)29(36)25-10-5-17-37-25/h2-10,17-18H,11-16,19H2,1H3,(H,30,31,35)/p+1. The monoisotopic (exact) mass is 496 g/mol. The smallest absolute Gasteiger partial charge is 0.289 e. The Morgan fingerprint density at radius 1 is 1.03 bits per heavy atom. The Morgan fingerprint density at radius 3 is 2.65 bits per heavy atom. The van der Waals surface area contributed by atoms with Gasteiger partial charge in [0.1, 0.15) is 5.82 Å². The fourth-order valence-electron chi connectivity index (χ4n) is 5.39. The summed E-state index contributed by atoms with van der Waals surface area (Å²) in [4.78, 5) is 36.0. The topological polar surface area (TPSA) is 83.1 Å². The highest BCUT2D eigenvalue weighted by molar-refractivity contribution is 6.04. The maximum Gasteiger partial charge on any atom is 0.289 e. The molecule has 4 aromatic rings. The molecule has 2 aliphatic heterocycles. The Bertz CT molecular complexity index is 1460. The molecule has 0 radical (unpaired) electrons. The molecule has 2 aromatic carbocycles. The molecule has 0 unspecified atom stereocenters. The van der Waals surface area contributed by atoms with E-state index in [-0.39, 0.29) is 11.8 Å². The minimum atomic E-state index is -0.0921. The molecule has 2 amide bonds. The number of anilines is 3. The molecule has 8 nitrogen and oxygen atoms in total. The molecule has 188 valence electrons. The number of nitrogens with one attached hydrogen (secondary N) is 2. The van der Waals surface area contributed by atoms with Gasteiger partial charge in [-0.05, 0) is 49.2 Å². The van der Waals surface area contributed by atoms with Crippen LogP contribution in [0.2, 0.25) is 0 Å². The average molecular weight is 497 g/mol. The summed E-state index contributed by atoms with van der Waals surface area (Å²) in [6.45, 7) is 5.90. The summed E-state index contributed by atoms with van der Waals surface area (Å²) in [6, 6.07) is 19.8. The van der Waals surface area contributed by atoms with E-state index in [1.807, 2.05) is 24.3 Å². The average Bonchev–Trinajstić information content (AvgIpc) is 3.59. The number of nitrogens with zero attached hydrogens (tertiary/aromatic N) is 3. The third-order valence-electron chi connectivity index (χ3n) is 7.29. The second-order valence-electron chi connectivity index (χ2n) is 9.79. The van der Waals surface area contributed by atoms with E-state index in [1.54, 1.807) is 17.0 Å². The molecule has 0 bridgehead atoms. The number of benzene rings is 2. The molecular formula is C29H30N5O3+. The lowest BCUT2D eigenvalue weighted by molar-refractivity contribution is -0.895. The normalized spacial score (nSPS) is 15.7. The predicted octanol–water partition coefficient (Wildman–Crippen LogP) is 2.81. The van der Waals surface area contributed by atoms with Gasteiger partial charge in [-0.25, -0.2) is 4.98 Å². The van der Waals surface area contributed by atoms with Crippen LogP contribution in [0.1, 0.15) is 21.7 Å². The number of hydrogen-bond donors (Lipinski definition) is 2. The lowest BCUT2D eigenvalue weighted by atomic mass is 10.1. The van der Waals surface area contributed by atoms with Crippen LogP contribution >= 0.6 is 0 Å². The van der Waals surface area contributed by atoms with Crippen molar-refractivity contribution in [1.82, 2.24) is 9.88 Å². The zero-order chi connectivity index (χ0) is 25.4. The van der Waals surface area contributed by atoms with E-state index in [1.165, 1.54) is 11.8 Å². The number of fused-ring (bicyclic) bond motifs is 2. The van der Waals surface area contributed by atoms with Crippen LogP contribution in [0.3, 0.4) is 0 Å². The summed E-state index contributed by atoms with van der Waals surface area (Å²) in [7, 11) is 0. The molecule has 2 N–H and O–H groups in total. The molecular weight excluding hydrogens is 466 g/mol. The van der Waals surface area contributed by atoms with E-state index in [0.717, 1.165) is 64.6 Å². The summed E-state index contributed by atoms with van der Waals surface area (Å²) in [6.07, 6.45) is 2.33. The van der Waals surface area contributed by atoms with E-state index in [4.69, 9.17) is 9.40 Å². The molecule has 0 atom stereocenters. The summed E-state index contributed by atoms with van der Waals surface area (Å²) in [5, 5.41) is 4.21. The summed E-state index contributed by atoms with van der Waals surface area (Å²) >= 11 is 0. The Kier molecular flexibility index (Phi) is 6.10. The Labute approximate surface area is 215 Å². The van der Waals surface area contributed by atoms with E-state index >= 15 is 0 Å². The van der Waals surface area contributed by atoms with Crippen LogP contribution in [0.25, 0.3) is 10.9 Å². The highest BCUT2D eigenvalue weighted by atomic mass is 16.3. The van der Waals surface area contributed by atoms with Crippen LogP contribution in [0, 0.1) is 6.92 Å². The lowest BCUT2D eigenvalue weighted by Crippen LogP contribution is -3.15. The number of aromatic nitrogens is 1. The molecule has 0 spiro atoms. The zero-order valence-electron chi connectivity index (χ0n) is 20.9. The fourth-order valence-corrected chi connectivity index (χ4v) is 5.39. The van der Waals surface area contributed by atoms with Crippen molar-refractivity contribution in [1.29, 1.82) is 0 Å². The number of furan rings is 1. The van der Waals surface area contributed by atoms with Gasteiger partial charge in [0.05, 0.1) is 43.6 Å². The maximum atomic E-state index is 13.3. The third kappa shape index (κ3) is 4.56. The van der Waals surface area contributed by atoms with E-state index < -0.39 is 0 Å². The molecule has 2 aromatic heterocycles. The van der Waals surface area contributed by atoms with Gasteiger partial charge in [-0.15, -0.1) is 0 Å². The summed E-state index contributed by atoms with van der Waals surface area (Å²) in [5.74, 6) is 1.16. The maximum absolute atomic E-state index is 13.3. The number of amides is 2. The van der Waals surface area contributed by atoms with Crippen LogP contribution in [0.4, 0.5) is 17.2 Å². The van der Waals surface area contributed by atoms with Gasteiger partial charge < -0.3 is 24.4 Å². The van der Waals surface area contributed by atoms with Crippen LogP contribution in [0.15, 0.2) is 71.3 Å². The minimum absolute atomic E-state index is 0.0200. The molecule has 0 saturated carbocycles. The van der Waals surface area contributed by atoms with E-state index in [0.29, 0.717) is 25.4 Å². The van der Waals surface area contributed by atoms with Crippen molar-refractivity contribution >= 4 is 39.9 Å². The van der Waals surface area contributed by atoms with Crippen molar-refractivity contribution in [3.63, 3.8) is 0 Å². The number of para-hydroxylation sites is 1. The number of rotatable bonds is 5. The SMILES string of the molecule is Cc1cccc(N2CCc3c2nc2ccccc2c3NC(=O)C[NH+]2CCN(C(=O)c3ccco3)CC2)c1. The molecule has 2 aliphatic rings. The van der Waals surface area contributed by atoms with Crippen LogP contribution < -0.4 is 15.1 Å². The number of piperazine rings is 1. The molecule has 1 saturated heterocycles. The molecule has 0 aliphatic carbocycles. The molecule has 1 fully saturated rings. The van der Waals surface area contributed by atoms with Gasteiger partial charge in [0.2, 0.25) is 0 Å². The van der Waals surface area contributed by atoms with Crippen LogP contribution in [0.5, 0.6) is 0 Å². The third-order valence-corrected chi connectivity index (χ3v) is 7.29. The van der Waals surface area contributed by atoms with Gasteiger partial charge in [0, 0.05) is 23.2 Å². The van der Waals surface area contributed by atoms with Gasteiger partial charge in [-0.2, -0.15) is 0 Å². The van der Waals surface area contributed by atoms with Gasteiger partial charge in [0.15, 0.2) is 12.3 Å². The summed E-state index contributed by atoms with van der Waals surface area (Å²) in [5.41, 5.74) is 5.14. The first-order valence-electron chi connectivity index (χ1n) is 12.8. The first-order valence-corrected chi connectivity index (χ1v) is 12.8. The second-order valence-corrected chi connectivity index (χ2v) is 9.79. The van der Waals surface area contributed by atoms with Gasteiger partial charge in [-0.3, -0.25) is 9.59 Å². The Balaban J connectivity index is 1.19. The predicted molar refractivity (Wildman–Crippen MR) is 142 cm³/mol. The number of carbonyl (C=O) groups excluding carboxylic acids is 2. The second kappa shape index (κ2) is 9.71. The molecule has 6 rings (SSSR count). The first-order chi connectivity index (χ1) is 18.1. The van der Waals surface area contributed by atoms with Crippen LogP contribution in [-0.4, -0.2) is 61.0 Å². The number of quaternary nitrogens is 1. The minimum Gasteiger partial charge on any atom is -0.459 e. The van der Waals surface area contributed by atoms with Gasteiger partial charge >= 0.3 is 0 Å². The largest absolute Gasteiger partial charge is 0.459 e. The number of carbonyl (C=O) groups is 2. The fraction of sp³-hybridized carbons (Fsp3) is 0.276. The van der Waals surface area contributed by atoms with Crippen molar-refractivity contribution in [3.8, 4) is 0 Å².